The second-order valence-corrected chi connectivity index (χ2v) is 3.51. The molecule has 1 nitrogen and oxygen atoms in total. The van der Waals surface area contributed by atoms with E-state index in [-0.39, 0.29) is 10.0 Å². The normalized spacial score (nSPS) is 13.0. The maximum Gasteiger partial charge on any atom is 0.140 e. The van der Waals surface area contributed by atoms with Crippen LogP contribution >= 0.6 is 15.9 Å². The number of halogens is 3. The van der Waals surface area contributed by atoms with E-state index in [0.717, 1.165) is 12.1 Å². The fourth-order valence-electron chi connectivity index (χ4n) is 1.04. The van der Waals surface area contributed by atoms with E-state index in [0.29, 0.717) is 6.42 Å². The minimum absolute atomic E-state index is 0.128. The third kappa shape index (κ3) is 2.25. The third-order valence-corrected chi connectivity index (χ3v) is 2.60. The van der Waals surface area contributed by atoms with Crippen LogP contribution in [0.3, 0.4) is 0 Å². The van der Waals surface area contributed by atoms with E-state index in [1.165, 1.54) is 0 Å². The molecule has 4 heteroatoms. The summed E-state index contributed by atoms with van der Waals surface area (Å²) in [4.78, 5) is 0. The Morgan fingerprint density at radius 1 is 1.46 bits per heavy atom. The fraction of sp³-hybridized carbons (Fsp3) is 0.333. The number of aliphatic hydroxyl groups excluding tert-OH is 1. The summed E-state index contributed by atoms with van der Waals surface area (Å²) < 4.78 is 25.8. The van der Waals surface area contributed by atoms with Gasteiger partial charge < -0.3 is 5.11 Å². The summed E-state index contributed by atoms with van der Waals surface area (Å²) in [6.07, 6.45) is -0.416. The highest BCUT2D eigenvalue weighted by atomic mass is 79.9. The molecule has 13 heavy (non-hydrogen) atoms. The van der Waals surface area contributed by atoms with Crippen LogP contribution in [0.2, 0.25) is 0 Å². The zero-order valence-electron chi connectivity index (χ0n) is 7.02. The molecule has 0 aliphatic heterocycles. The monoisotopic (exact) mass is 250 g/mol. The van der Waals surface area contributed by atoms with Gasteiger partial charge in [0.15, 0.2) is 0 Å². The molecule has 0 spiro atoms. The van der Waals surface area contributed by atoms with Gasteiger partial charge in [0.2, 0.25) is 0 Å². The van der Waals surface area contributed by atoms with Crippen molar-refractivity contribution >= 4 is 15.9 Å². The fourth-order valence-corrected chi connectivity index (χ4v) is 1.53. The van der Waals surface area contributed by atoms with Crippen LogP contribution in [0.1, 0.15) is 25.0 Å². The average Bonchev–Trinajstić information content (AvgIpc) is 2.10. The summed E-state index contributed by atoms with van der Waals surface area (Å²) in [7, 11) is 0. The van der Waals surface area contributed by atoms with Crippen molar-refractivity contribution in [2.24, 2.45) is 0 Å². The van der Waals surface area contributed by atoms with Gasteiger partial charge in [0, 0.05) is 11.6 Å². The molecule has 72 valence electrons. The van der Waals surface area contributed by atoms with Crippen molar-refractivity contribution in [3.05, 3.63) is 33.8 Å². The van der Waals surface area contributed by atoms with Crippen LogP contribution in [0.4, 0.5) is 8.78 Å². The minimum Gasteiger partial charge on any atom is -0.388 e. The Morgan fingerprint density at radius 3 is 2.62 bits per heavy atom. The van der Waals surface area contributed by atoms with Gasteiger partial charge in [-0.2, -0.15) is 0 Å². The van der Waals surface area contributed by atoms with Crippen molar-refractivity contribution in [3.8, 4) is 0 Å². The second-order valence-electron chi connectivity index (χ2n) is 2.71. The van der Waals surface area contributed by atoms with Gasteiger partial charge in [-0.05, 0) is 28.4 Å². The highest BCUT2D eigenvalue weighted by Gasteiger charge is 2.14. The molecule has 1 N–H and O–H groups in total. The van der Waals surface area contributed by atoms with Gasteiger partial charge in [-0.3, -0.25) is 0 Å². The summed E-state index contributed by atoms with van der Waals surface area (Å²) in [6, 6.07) is 1.90. The molecule has 1 aromatic carbocycles. The zero-order chi connectivity index (χ0) is 10.0. The van der Waals surface area contributed by atoms with Crippen molar-refractivity contribution < 1.29 is 13.9 Å². The van der Waals surface area contributed by atoms with Crippen LogP contribution in [-0.4, -0.2) is 5.11 Å². The van der Waals surface area contributed by atoms with E-state index in [2.05, 4.69) is 15.9 Å². The maximum atomic E-state index is 12.9. The van der Waals surface area contributed by atoms with E-state index in [1.54, 1.807) is 6.92 Å². The highest BCUT2D eigenvalue weighted by molar-refractivity contribution is 9.10. The Bertz CT molecular complexity index is 315. The standard InChI is InChI=1S/C9H9BrF2O/c1-2-8(13)6-3-5(11)4-7(12)9(6)10/h3-4,8,13H,2H2,1H3. The van der Waals surface area contributed by atoms with Gasteiger partial charge in [-0.25, -0.2) is 8.78 Å². The number of rotatable bonds is 2. The summed E-state index contributed by atoms with van der Waals surface area (Å²) in [5.74, 6) is -1.37. The molecule has 0 bridgehead atoms. The van der Waals surface area contributed by atoms with Crippen LogP contribution < -0.4 is 0 Å². The Kier molecular flexibility index (Phi) is 3.39. The summed E-state index contributed by atoms with van der Waals surface area (Å²) >= 11 is 2.95. The van der Waals surface area contributed by atoms with Crippen LogP contribution in [-0.2, 0) is 0 Å². The van der Waals surface area contributed by atoms with Gasteiger partial charge >= 0.3 is 0 Å². The molecular weight excluding hydrogens is 242 g/mol. The maximum absolute atomic E-state index is 12.9. The van der Waals surface area contributed by atoms with Crippen molar-refractivity contribution in [1.82, 2.24) is 0 Å². The molecule has 0 amide bonds. The molecule has 0 aromatic heterocycles. The lowest BCUT2D eigenvalue weighted by atomic mass is 10.1. The molecule has 1 atom stereocenters. The van der Waals surface area contributed by atoms with Crippen molar-refractivity contribution in [2.75, 3.05) is 0 Å². The Balaban J connectivity index is 3.20. The van der Waals surface area contributed by atoms with Crippen LogP contribution in [0.25, 0.3) is 0 Å². The molecular formula is C9H9BrF2O. The quantitative estimate of drug-likeness (QED) is 0.800. The molecule has 0 aliphatic rings. The van der Waals surface area contributed by atoms with Gasteiger partial charge in [-0.1, -0.05) is 6.92 Å². The first kappa shape index (κ1) is 10.6. The van der Waals surface area contributed by atoms with E-state index >= 15 is 0 Å². The van der Waals surface area contributed by atoms with E-state index < -0.39 is 17.7 Å². The lowest BCUT2D eigenvalue weighted by Crippen LogP contribution is -1.99. The molecule has 0 fully saturated rings. The van der Waals surface area contributed by atoms with Crippen molar-refractivity contribution in [3.63, 3.8) is 0 Å². The molecule has 0 saturated carbocycles. The second kappa shape index (κ2) is 4.15. The van der Waals surface area contributed by atoms with E-state index in [4.69, 9.17) is 0 Å². The Hall–Kier alpha value is -0.480. The van der Waals surface area contributed by atoms with E-state index in [9.17, 15) is 13.9 Å². The van der Waals surface area contributed by atoms with Crippen LogP contribution in [0, 0.1) is 11.6 Å². The summed E-state index contributed by atoms with van der Waals surface area (Å²) in [5, 5.41) is 9.40. The average molecular weight is 251 g/mol. The lowest BCUT2D eigenvalue weighted by molar-refractivity contribution is 0.172. The Labute approximate surface area is 83.5 Å². The predicted octanol–water partition coefficient (Wildman–Crippen LogP) is 3.17. The molecule has 0 saturated heterocycles. The number of hydrogen-bond acceptors (Lipinski definition) is 1. The number of benzene rings is 1. The molecule has 0 radical (unpaired) electrons. The molecule has 0 aliphatic carbocycles. The lowest BCUT2D eigenvalue weighted by Gasteiger charge is -2.10. The molecule has 1 aromatic rings. The zero-order valence-corrected chi connectivity index (χ0v) is 8.61. The topological polar surface area (TPSA) is 20.2 Å². The third-order valence-electron chi connectivity index (χ3n) is 1.77. The van der Waals surface area contributed by atoms with Gasteiger partial charge in [0.1, 0.15) is 11.6 Å². The van der Waals surface area contributed by atoms with Gasteiger partial charge in [0.25, 0.3) is 0 Å². The minimum atomic E-state index is -0.834. The van der Waals surface area contributed by atoms with Gasteiger partial charge in [-0.15, -0.1) is 0 Å². The molecule has 1 rings (SSSR count). The summed E-state index contributed by atoms with van der Waals surface area (Å²) in [5.41, 5.74) is 0.250. The predicted molar refractivity (Wildman–Crippen MR) is 49.3 cm³/mol. The number of aliphatic hydroxyl groups is 1. The van der Waals surface area contributed by atoms with E-state index in [1.807, 2.05) is 0 Å². The largest absolute Gasteiger partial charge is 0.388 e. The SMILES string of the molecule is CCC(O)c1cc(F)cc(F)c1Br. The van der Waals surface area contributed by atoms with Crippen LogP contribution in [0.15, 0.2) is 16.6 Å². The first-order valence-corrected chi connectivity index (χ1v) is 4.68. The molecule has 0 heterocycles. The van der Waals surface area contributed by atoms with Crippen molar-refractivity contribution in [2.45, 2.75) is 19.4 Å². The number of hydrogen-bond donors (Lipinski definition) is 1. The van der Waals surface area contributed by atoms with Crippen molar-refractivity contribution in [1.29, 1.82) is 0 Å². The Morgan fingerprint density at radius 2 is 2.08 bits per heavy atom. The van der Waals surface area contributed by atoms with Crippen LogP contribution in [0.5, 0.6) is 0 Å². The first-order chi connectivity index (χ1) is 6.06. The summed E-state index contributed by atoms with van der Waals surface area (Å²) in [6.45, 7) is 1.74. The molecule has 1 unspecified atom stereocenters. The first-order valence-electron chi connectivity index (χ1n) is 3.88. The highest BCUT2D eigenvalue weighted by Crippen LogP contribution is 2.28. The smallest absolute Gasteiger partial charge is 0.140 e. The van der Waals surface area contributed by atoms with Gasteiger partial charge in [0.05, 0.1) is 10.6 Å².